The molecule has 0 aliphatic heterocycles. The van der Waals surface area contributed by atoms with E-state index in [9.17, 15) is 4.79 Å². The Morgan fingerprint density at radius 2 is 1.80 bits per heavy atom. The largest absolute Gasteiger partial charge is 0.447 e. The topological polar surface area (TPSA) is 101 Å². The second-order valence-electron chi connectivity index (χ2n) is 4.60. The van der Waals surface area contributed by atoms with Crippen LogP contribution in [0.5, 0.6) is 0 Å². The maximum absolute atomic E-state index is 11.7. The summed E-state index contributed by atoms with van der Waals surface area (Å²) in [7, 11) is 0. The smallest absolute Gasteiger partial charge is 0.411 e. The molecule has 134 valence electrons. The lowest BCUT2D eigenvalue weighted by Gasteiger charge is -2.09. The van der Waals surface area contributed by atoms with Crippen LogP contribution >= 0.6 is 34.8 Å². The highest BCUT2D eigenvalue weighted by molar-refractivity contribution is 6.42. The molecule has 8 nitrogen and oxygen atoms in total. The minimum absolute atomic E-state index is 0.0618. The van der Waals surface area contributed by atoms with Crippen molar-refractivity contribution in [2.24, 2.45) is 0 Å². The minimum Gasteiger partial charge on any atom is -0.447 e. The van der Waals surface area contributed by atoms with E-state index in [1.54, 1.807) is 12.1 Å². The van der Waals surface area contributed by atoms with Crippen LogP contribution < -0.4 is 16.0 Å². The Morgan fingerprint density at radius 3 is 2.48 bits per heavy atom. The average molecular weight is 406 g/mol. The fourth-order valence-electron chi connectivity index (χ4n) is 1.70. The van der Waals surface area contributed by atoms with E-state index in [1.165, 1.54) is 6.07 Å². The third-order valence-electron chi connectivity index (χ3n) is 2.73. The number of anilines is 3. The van der Waals surface area contributed by atoms with E-state index < -0.39 is 6.09 Å². The molecular weight excluding hydrogens is 391 g/mol. The van der Waals surface area contributed by atoms with Crippen LogP contribution in [0.4, 0.5) is 22.4 Å². The zero-order chi connectivity index (χ0) is 18.2. The first-order valence-corrected chi connectivity index (χ1v) is 8.39. The fourth-order valence-corrected chi connectivity index (χ4v) is 2.16. The van der Waals surface area contributed by atoms with E-state index >= 15 is 0 Å². The van der Waals surface area contributed by atoms with Crippen LogP contribution in [-0.4, -0.2) is 40.7 Å². The molecule has 0 fully saturated rings. The van der Waals surface area contributed by atoms with Crippen molar-refractivity contribution >= 4 is 58.5 Å². The first-order valence-electron chi connectivity index (χ1n) is 7.26. The van der Waals surface area contributed by atoms with Crippen molar-refractivity contribution in [3.63, 3.8) is 0 Å². The molecule has 3 N–H and O–H groups in total. The van der Waals surface area contributed by atoms with Gasteiger partial charge in [0.05, 0.1) is 16.6 Å². The van der Waals surface area contributed by atoms with Crippen LogP contribution in [0.3, 0.4) is 0 Å². The van der Waals surface area contributed by atoms with E-state index in [-0.39, 0.29) is 17.8 Å². The van der Waals surface area contributed by atoms with E-state index in [4.69, 9.17) is 39.5 Å². The van der Waals surface area contributed by atoms with Crippen LogP contribution in [0, 0.1) is 0 Å². The molecule has 1 aromatic carbocycles. The highest BCUT2D eigenvalue weighted by Gasteiger charge is 2.07. The monoisotopic (exact) mass is 404 g/mol. The predicted molar refractivity (Wildman–Crippen MR) is 98.9 cm³/mol. The molecule has 1 aromatic heterocycles. The van der Waals surface area contributed by atoms with Crippen LogP contribution in [0.1, 0.15) is 6.92 Å². The van der Waals surface area contributed by atoms with Gasteiger partial charge in [-0.15, -0.1) is 0 Å². The van der Waals surface area contributed by atoms with Crippen molar-refractivity contribution in [3.8, 4) is 0 Å². The number of halogens is 3. The first-order chi connectivity index (χ1) is 12.0. The van der Waals surface area contributed by atoms with E-state index in [0.29, 0.717) is 34.8 Å². The summed E-state index contributed by atoms with van der Waals surface area (Å²) in [6.45, 7) is 2.94. The number of rotatable bonds is 7. The molecule has 0 saturated heterocycles. The van der Waals surface area contributed by atoms with Crippen LogP contribution in [0.15, 0.2) is 18.2 Å². The highest BCUT2D eigenvalue weighted by atomic mass is 35.5. The molecule has 0 aliphatic carbocycles. The second-order valence-corrected chi connectivity index (χ2v) is 5.75. The molecule has 0 saturated carbocycles. The normalized spacial score (nSPS) is 10.2. The van der Waals surface area contributed by atoms with Crippen LogP contribution in [0.2, 0.25) is 15.3 Å². The number of nitrogens with zero attached hydrogens (tertiary/aromatic N) is 3. The number of nitrogens with one attached hydrogen (secondary N) is 3. The quantitative estimate of drug-likeness (QED) is 0.600. The third kappa shape index (κ3) is 6.41. The molecular formula is C14H15Cl3N6O2. The van der Waals surface area contributed by atoms with Gasteiger partial charge < -0.3 is 15.4 Å². The lowest BCUT2D eigenvalue weighted by molar-refractivity contribution is 0.166. The molecule has 11 heteroatoms. The Balaban J connectivity index is 1.77. The SMILES string of the molecule is CCNc1nc(Cl)nc(NCCOC(=O)Nc2ccc(Cl)c(Cl)c2)n1. The van der Waals surface area contributed by atoms with Crippen molar-refractivity contribution in [2.45, 2.75) is 6.92 Å². The van der Waals surface area contributed by atoms with Gasteiger partial charge in [-0.1, -0.05) is 23.2 Å². The number of hydrogen-bond acceptors (Lipinski definition) is 7. The summed E-state index contributed by atoms with van der Waals surface area (Å²) >= 11 is 17.5. The molecule has 0 atom stereocenters. The number of ether oxygens (including phenoxy) is 1. The lowest BCUT2D eigenvalue weighted by Crippen LogP contribution is -2.19. The Bertz CT molecular complexity index is 747. The van der Waals surface area contributed by atoms with Crippen molar-refractivity contribution in [1.29, 1.82) is 0 Å². The Morgan fingerprint density at radius 1 is 1.08 bits per heavy atom. The predicted octanol–water partition coefficient (Wildman–Crippen LogP) is 3.92. The summed E-state index contributed by atoms with van der Waals surface area (Å²) in [6, 6.07) is 4.72. The maximum Gasteiger partial charge on any atom is 0.411 e. The van der Waals surface area contributed by atoms with Gasteiger partial charge in [0.15, 0.2) is 0 Å². The van der Waals surface area contributed by atoms with E-state index in [1.807, 2.05) is 6.92 Å². The summed E-state index contributed by atoms with van der Waals surface area (Å²) in [5, 5.41) is 9.16. The Hall–Kier alpha value is -2.03. The summed E-state index contributed by atoms with van der Waals surface area (Å²) in [4.78, 5) is 23.7. The van der Waals surface area contributed by atoms with Crippen molar-refractivity contribution in [1.82, 2.24) is 15.0 Å². The number of hydrogen-bond donors (Lipinski definition) is 3. The summed E-state index contributed by atoms with van der Waals surface area (Å²) in [6.07, 6.45) is -0.623. The Kier molecular flexibility index (Phi) is 7.30. The summed E-state index contributed by atoms with van der Waals surface area (Å²) < 4.78 is 5.04. The fraction of sp³-hybridized carbons (Fsp3) is 0.286. The molecule has 0 unspecified atom stereocenters. The number of aromatic nitrogens is 3. The highest BCUT2D eigenvalue weighted by Crippen LogP contribution is 2.25. The van der Waals surface area contributed by atoms with Gasteiger partial charge in [0.25, 0.3) is 0 Å². The molecule has 0 bridgehead atoms. The molecule has 25 heavy (non-hydrogen) atoms. The number of benzene rings is 1. The summed E-state index contributed by atoms with van der Waals surface area (Å²) in [5.41, 5.74) is 0.479. The molecule has 2 rings (SSSR count). The molecule has 2 aromatic rings. The van der Waals surface area contributed by atoms with Crippen molar-refractivity contribution in [2.75, 3.05) is 35.6 Å². The first kappa shape index (κ1) is 19.3. The van der Waals surface area contributed by atoms with Gasteiger partial charge in [-0.2, -0.15) is 15.0 Å². The minimum atomic E-state index is -0.623. The molecule has 1 amide bonds. The van der Waals surface area contributed by atoms with E-state index in [0.717, 1.165) is 0 Å². The van der Waals surface area contributed by atoms with Crippen molar-refractivity contribution in [3.05, 3.63) is 33.5 Å². The standard InChI is InChI=1S/C14H15Cl3N6O2/c1-2-18-12-21-11(17)22-13(23-12)19-5-6-25-14(24)20-8-3-4-9(15)10(16)7-8/h3-4,7H,2,5-6H2,1H3,(H,20,24)(H2,18,19,21,22,23). The van der Waals surface area contributed by atoms with Gasteiger partial charge in [0.1, 0.15) is 6.61 Å². The van der Waals surface area contributed by atoms with Gasteiger partial charge >= 0.3 is 6.09 Å². The third-order valence-corrected chi connectivity index (χ3v) is 3.64. The zero-order valence-corrected chi connectivity index (χ0v) is 15.4. The number of carbonyl (C=O) groups excluding carboxylic acids is 1. The van der Waals surface area contributed by atoms with Crippen LogP contribution in [0.25, 0.3) is 0 Å². The van der Waals surface area contributed by atoms with Crippen LogP contribution in [-0.2, 0) is 4.74 Å². The van der Waals surface area contributed by atoms with Gasteiger partial charge in [-0.25, -0.2) is 4.79 Å². The molecule has 0 spiro atoms. The maximum atomic E-state index is 11.7. The van der Waals surface area contributed by atoms with Gasteiger partial charge in [-0.3, -0.25) is 5.32 Å². The number of amides is 1. The van der Waals surface area contributed by atoms with Gasteiger partial charge in [0, 0.05) is 12.2 Å². The van der Waals surface area contributed by atoms with Gasteiger partial charge in [0.2, 0.25) is 17.2 Å². The Labute approximate surface area is 159 Å². The average Bonchev–Trinajstić information content (AvgIpc) is 2.55. The van der Waals surface area contributed by atoms with E-state index in [2.05, 4.69) is 30.9 Å². The van der Waals surface area contributed by atoms with Crippen molar-refractivity contribution < 1.29 is 9.53 Å². The lowest BCUT2D eigenvalue weighted by atomic mass is 10.3. The summed E-state index contributed by atoms with van der Waals surface area (Å²) in [5.74, 6) is 0.646. The molecule has 0 radical (unpaired) electrons. The molecule has 1 heterocycles. The molecule has 0 aliphatic rings. The number of carbonyl (C=O) groups is 1. The second kappa shape index (κ2) is 9.45. The van der Waals surface area contributed by atoms with Gasteiger partial charge in [-0.05, 0) is 36.7 Å². The zero-order valence-electron chi connectivity index (χ0n) is 13.1.